The molecule has 1 saturated carbocycles. The molecule has 0 N–H and O–H groups in total. The van der Waals surface area contributed by atoms with Crippen LogP contribution in [0.1, 0.15) is 35.8 Å². The van der Waals surface area contributed by atoms with Crippen molar-refractivity contribution in [2.75, 3.05) is 7.11 Å². The van der Waals surface area contributed by atoms with Crippen molar-refractivity contribution in [1.82, 2.24) is 19.1 Å². The van der Waals surface area contributed by atoms with E-state index in [1.54, 1.807) is 25.3 Å². The second-order valence-corrected chi connectivity index (χ2v) is 8.28. The molecule has 160 valence electrons. The second kappa shape index (κ2) is 6.87. The van der Waals surface area contributed by atoms with Crippen LogP contribution in [0.5, 0.6) is 5.75 Å². The van der Waals surface area contributed by atoms with Crippen molar-refractivity contribution in [2.45, 2.75) is 32.2 Å². The van der Waals surface area contributed by atoms with Crippen LogP contribution in [0.25, 0.3) is 33.6 Å². The molecule has 31 heavy (non-hydrogen) atoms. The Morgan fingerprint density at radius 2 is 2.00 bits per heavy atom. The van der Waals surface area contributed by atoms with E-state index in [2.05, 4.69) is 4.98 Å². The maximum atomic E-state index is 13.9. The lowest BCUT2D eigenvalue weighted by atomic mass is 10.2. The zero-order valence-corrected chi connectivity index (χ0v) is 17.5. The number of hydrogen-bond acceptors (Lipinski definition) is 4. The minimum Gasteiger partial charge on any atom is -0.494 e. The highest BCUT2D eigenvalue weighted by Crippen LogP contribution is 2.38. The van der Waals surface area contributed by atoms with Crippen LogP contribution in [0.3, 0.4) is 0 Å². The number of benzene rings is 1. The fourth-order valence-electron chi connectivity index (χ4n) is 4.08. The number of halogens is 2. The molecule has 5 rings (SSSR count). The molecule has 0 amide bonds. The van der Waals surface area contributed by atoms with Gasteiger partial charge in [-0.2, -0.15) is 8.78 Å². The first-order valence-electron chi connectivity index (χ1n) is 10.2. The SMILES string of the molecule is COc1cc(C=O)cc2nc(-c3cc4ccc(C(C)(F)F)nc4n3CC3CC3)n(C)c12. The summed E-state index contributed by atoms with van der Waals surface area (Å²) in [5, 5.41) is 0.788. The second-order valence-electron chi connectivity index (χ2n) is 8.28. The Bertz CT molecular complexity index is 1330. The molecule has 0 atom stereocenters. The molecule has 1 fully saturated rings. The van der Waals surface area contributed by atoms with Gasteiger partial charge in [0, 0.05) is 31.5 Å². The number of alkyl halides is 2. The zero-order valence-electron chi connectivity index (χ0n) is 17.5. The molecule has 6 nitrogen and oxygen atoms in total. The van der Waals surface area contributed by atoms with Crippen LogP contribution >= 0.6 is 0 Å². The van der Waals surface area contributed by atoms with E-state index >= 15 is 0 Å². The van der Waals surface area contributed by atoms with Gasteiger partial charge in [0.05, 0.1) is 18.3 Å². The molecule has 0 saturated heterocycles. The molecule has 1 aromatic carbocycles. The third-order valence-electron chi connectivity index (χ3n) is 5.87. The summed E-state index contributed by atoms with van der Waals surface area (Å²) < 4.78 is 37.3. The molecule has 1 aliphatic carbocycles. The quantitative estimate of drug-likeness (QED) is 0.412. The van der Waals surface area contributed by atoms with E-state index in [0.29, 0.717) is 40.8 Å². The molecule has 3 aromatic heterocycles. The van der Waals surface area contributed by atoms with E-state index < -0.39 is 5.92 Å². The highest BCUT2D eigenvalue weighted by molar-refractivity contribution is 5.92. The van der Waals surface area contributed by atoms with Crippen LogP contribution in [0.4, 0.5) is 8.78 Å². The maximum Gasteiger partial charge on any atom is 0.287 e. The van der Waals surface area contributed by atoms with Crippen LogP contribution < -0.4 is 4.74 Å². The van der Waals surface area contributed by atoms with Crippen LogP contribution in [0.2, 0.25) is 0 Å². The van der Waals surface area contributed by atoms with Crippen LogP contribution in [-0.4, -0.2) is 32.5 Å². The van der Waals surface area contributed by atoms with Gasteiger partial charge in [-0.1, -0.05) is 0 Å². The van der Waals surface area contributed by atoms with Gasteiger partial charge >= 0.3 is 0 Å². The average molecular weight is 424 g/mol. The Morgan fingerprint density at radius 3 is 2.65 bits per heavy atom. The molecular weight excluding hydrogens is 402 g/mol. The van der Waals surface area contributed by atoms with Crippen molar-refractivity contribution >= 4 is 28.4 Å². The third kappa shape index (κ3) is 3.26. The molecule has 3 heterocycles. The summed E-state index contributed by atoms with van der Waals surface area (Å²) >= 11 is 0. The minimum absolute atomic E-state index is 0.246. The van der Waals surface area contributed by atoms with Gasteiger partial charge in [-0.3, -0.25) is 4.79 Å². The normalized spacial score (nSPS) is 14.5. The fraction of sp³-hybridized carbons (Fsp3) is 0.348. The molecular formula is C23H22F2N4O2. The van der Waals surface area contributed by atoms with Gasteiger partial charge in [0.25, 0.3) is 5.92 Å². The van der Waals surface area contributed by atoms with E-state index in [9.17, 15) is 13.6 Å². The van der Waals surface area contributed by atoms with Crippen LogP contribution in [-0.2, 0) is 19.5 Å². The molecule has 0 bridgehead atoms. The number of imidazole rings is 1. The van der Waals surface area contributed by atoms with Crippen molar-refractivity contribution < 1.29 is 18.3 Å². The van der Waals surface area contributed by atoms with Crippen molar-refractivity contribution in [1.29, 1.82) is 0 Å². The van der Waals surface area contributed by atoms with Gasteiger partial charge in [0.1, 0.15) is 28.9 Å². The number of carbonyl (C=O) groups excluding carboxylic acids is 1. The van der Waals surface area contributed by atoms with E-state index in [4.69, 9.17) is 9.72 Å². The Hall–Kier alpha value is -3.29. The molecule has 1 aliphatic rings. The Kier molecular flexibility index (Phi) is 4.35. The van der Waals surface area contributed by atoms with E-state index in [1.807, 2.05) is 22.2 Å². The number of carbonyl (C=O) groups is 1. The Balaban J connectivity index is 1.77. The van der Waals surface area contributed by atoms with E-state index in [0.717, 1.165) is 42.6 Å². The first-order valence-corrected chi connectivity index (χ1v) is 10.2. The lowest BCUT2D eigenvalue weighted by Gasteiger charge is -2.12. The summed E-state index contributed by atoms with van der Waals surface area (Å²) in [7, 11) is 3.43. The summed E-state index contributed by atoms with van der Waals surface area (Å²) in [6, 6.07) is 8.40. The number of aldehydes is 1. The molecule has 8 heteroatoms. The largest absolute Gasteiger partial charge is 0.494 e. The summed E-state index contributed by atoms with van der Waals surface area (Å²) in [6.07, 6.45) is 2.99. The van der Waals surface area contributed by atoms with Crippen LogP contribution in [0, 0.1) is 5.92 Å². The minimum atomic E-state index is -3.01. The number of fused-ring (bicyclic) bond motifs is 2. The molecule has 4 aromatic rings. The van der Waals surface area contributed by atoms with E-state index in [-0.39, 0.29) is 5.69 Å². The standard InChI is InChI=1S/C23H22F2N4O2/c1-23(24,25)19-7-6-15-10-17(29(21(15)27-19)11-13-4-5-13)22-26-16-8-14(12-30)9-18(31-3)20(16)28(22)2/h6-10,12-13H,4-5,11H2,1-3H3. The Morgan fingerprint density at radius 1 is 1.23 bits per heavy atom. The molecule has 0 aliphatic heterocycles. The average Bonchev–Trinajstić information content (AvgIpc) is 3.41. The third-order valence-corrected chi connectivity index (χ3v) is 5.87. The summed E-state index contributed by atoms with van der Waals surface area (Å²) in [5.74, 6) is -1.29. The van der Waals surface area contributed by atoms with E-state index in [1.165, 1.54) is 6.07 Å². The fourth-order valence-corrected chi connectivity index (χ4v) is 4.08. The first-order chi connectivity index (χ1) is 14.8. The van der Waals surface area contributed by atoms with Gasteiger partial charge in [0.2, 0.25) is 0 Å². The number of aromatic nitrogens is 4. The number of aryl methyl sites for hydroxylation is 1. The highest BCUT2D eigenvalue weighted by atomic mass is 19.3. The number of nitrogens with zero attached hydrogens (tertiary/aromatic N) is 4. The topological polar surface area (TPSA) is 61.9 Å². The lowest BCUT2D eigenvalue weighted by molar-refractivity contribution is 0.0130. The summed E-state index contributed by atoms with van der Waals surface area (Å²) in [4.78, 5) is 20.4. The lowest BCUT2D eigenvalue weighted by Crippen LogP contribution is -2.11. The van der Waals surface area contributed by atoms with Gasteiger partial charge < -0.3 is 13.9 Å². The predicted octanol–water partition coefficient (Wildman–Crippen LogP) is 4.93. The molecule has 0 spiro atoms. The highest BCUT2D eigenvalue weighted by Gasteiger charge is 2.29. The monoisotopic (exact) mass is 424 g/mol. The maximum absolute atomic E-state index is 13.9. The predicted molar refractivity (Wildman–Crippen MR) is 114 cm³/mol. The van der Waals surface area contributed by atoms with Gasteiger partial charge in [0.15, 0.2) is 5.82 Å². The smallest absolute Gasteiger partial charge is 0.287 e. The van der Waals surface area contributed by atoms with Gasteiger partial charge in [-0.15, -0.1) is 0 Å². The van der Waals surface area contributed by atoms with Gasteiger partial charge in [-0.25, -0.2) is 9.97 Å². The zero-order chi connectivity index (χ0) is 21.9. The van der Waals surface area contributed by atoms with Gasteiger partial charge in [-0.05, 0) is 49.1 Å². The summed E-state index contributed by atoms with van der Waals surface area (Å²) in [5.41, 5.74) is 2.97. The number of hydrogen-bond donors (Lipinski definition) is 0. The number of ether oxygens (including phenoxy) is 1. The van der Waals surface area contributed by atoms with Crippen molar-refractivity contribution in [3.63, 3.8) is 0 Å². The number of rotatable bonds is 6. The summed E-state index contributed by atoms with van der Waals surface area (Å²) in [6.45, 7) is 1.56. The van der Waals surface area contributed by atoms with Crippen molar-refractivity contribution in [3.05, 3.63) is 41.6 Å². The number of pyridine rings is 1. The Labute approximate surface area is 177 Å². The van der Waals surface area contributed by atoms with Crippen molar-refractivity contribution in [3.8, 4) is 17.3 Å². The van der Waals surface area contributed by atoms with Crippen LogP contribution in [0.15, 0.2) is 30.3 Å². The first kappa shape index (κ1) is 19.7. The molecule has 0 unspecified atom stereocenters. The molecule has 0 radical (unpaired) electrons. The van der Waals surface area contributed by atoms with Crippen molar-refractivity contribution in [2.24, 2.45) is 13.0 Å². The number of methoxy groups -OCH3 is 1.